The molecule has 100 valence electrons. The highest BCUT2D eigenvalue weighted by molar-refractivity contribution is 5.38. The van der Waals surface area contributed by atoms with Crippen LogP contribution < -0.4 is 10.5 Å². The lowest BCUT2D eigenvalue weighted by Crippen LogP contribution is -2.30. The van der Waals surface area contributed by atoms with E-state index in [0.29, 0.717) is 11.7 Å². The lowest BCUT2D eigenvalue weighted by atomic mass is 10.1. The largest absolute Gasteiger partial charge is 0.351 e. The maximum atomic E-state index is 12.1. The van der Waals surface area contributed by atoms with Gasteiger partial charge in [0.1, 0.15) is 5.82 Å². The monoisotopic (exact) mass is 259 g/mol. The van der Waals surface area contributed by atoms with E-state index >= 15 is 0 Å². The normalized spacial score (nSPS) is 19.1. The number of aromatic nitrogens is 4. The predicted octanol–water partition coefficient (Wildman–Crippen LogP) is 0.508. The zero-order valence-corrected chi connectivity index (χ0v) is 11.2. The number of hydrogen-bond donors (Lipinski definition) is 0. The lowest BCUT2D eigenvalue weighted by Gasteiger charge is -2.17. The minimum Gasteiger partial charge on any atom is -0.351 e. The van der Waals surface area contributed by atoms with Gasteiger partial charge in [-0.3, -0.25) is 4.79 Å². The first-order valence-corrected chi connectivity index (χ1v) is 6.40. The number of nitrogens with zero attached hydrogens (tertiary/aromatic N) is 5. The van der Waals surface area contributed by atoms with Crippen molar-refractivity contribution in [2.75, 3.05) is 18.0 Å². The Morgan fingerprint density at radius 2 is 1.89 bits per heavy atom. The van der Waals surface area contributed by atoms with Crippen molar-refractivity contribution < 1.29 is 0 Å². The van der Waals surface area contributed by atoms with Gasteiger partial charge in [0.05, 0.1) is 0 Å². The summed E-state index contributed by atoms with van der Waals surface area (Å²) in [5, 5.41) is 0. The van der Waals surface area contributed by atoms with E-state index in [1.54, 1.807) is 24.0 Å². The van der Waals surface area contributed by atoms with E-state index in [0.717, 1.165) is 25.3 Å². The van der Waals surface area contributed by atoms with E-state index in [1.807, 2.05) is 24.0 Å². The fourth-order valence-corrected chi connectivity index (χ4v) is 2.64. The Labute approximate surface area is 111 Å². The van der Waals surface area contributed by atoms with Gasteiger partial charge in [-0.15, -0.1) is 0 Å². The second kappa shape index (κ2) is 4.53. The molecule has 6 nitrogen and oxygen atoms in total. The molecule has 0 aromatic carbocycles. The first-order valence-electron chi connectivity index (χ1n) is 6.40. The molecule has 0 unspecified atom stereocenters. The number of anilines is 1. The van der Waals surface area contributed by atoms with Crippen LogP contribution in [0.5, 0.6) is 0 Å². The highest BCUT2D eigenvalue weighted by Gasteiger charge is 2.28. The van der Waals surface area contributed by atoms with Gasteiger partial charge in [-0.05, 0) is 6.42 Å². The van der Waals surface area contributed by atoms with Crippen LogP contribution in [0.4, 0.5) is 5.82 Å². The summed E-state index contributed by atoms with van der Waals surface area (Å²) in [6.07, 6.45) is 8.13. The van der Waals surface area contributed by atoms with Gasteiger partial charge in [-0.1, -0.05) is 0 Å². The van der Waals surface area contributed by atoms with Crippen molar-refractivity contribution in [3.05, 3.63) is 41.0 Å². The summed E-state index contributed by atoms with van der Waals surface area (Å²) in [5.41, 5.74) is -0.0389. The molecule has 3 heterocycles. The standard InChI is InChI=1S/C13H17N5O/c1-16-7-4-14-11(16)10-3-6-18(9-10)12-13(19)17(2)8-5-15-12/h4-5,7-8,10H,3,6,9H2,1-2H3/t10-/m0/s1. The second-order valence-corrected chi connectivity index (χ2v) is 4.99. The molecule has 0 N–H and O–H groups in total. The van der Waals surface area contributed by atoms with Gasteiger partial charge in [0.15, 0.2) is 5.82 Å². The summed E-state index contributed by atoms with van der Waals surface area (Å²) in [7, 11) is 3.75. The summed E-state index contributed by atoms with van der Waals surface area (Å²) in [6, 6.07) is 0. The van der Waals surface area contributed by atoms with Crippen molar-refractivity contribution >= 4 is 5.82 Å². The molecule has 19 heavy (non-hydrogen) atoms. The van der Waals surface area contributed by atoms with Crippen molar-refractivity contribution in [2.45, 2.75) is 12.3 Å². The third kappa shape index (κ3) is 2.03. The van der Waals surface area contributed by atoms with Gasteiger partial charge in [0.2, 0.25) is 0 Å². The average molecular weight is 259 g/mol. The minimum atomic E-state index is -0.0389. The van der Waals surface area contributed by atoms with Crippen molar-refractivity contribution in [2.24, 2.45) is 14.1 Å². The first-order chi connectivity index (χ1) is 9.16. The van der Waals surface area contributed by atoms with Gasteiger partial charge < -0.3 is 14.0 Å². The number of imidazole rings is 1. The fourth-order valence-electron chi connectivity index (χ4n) is 2.64. The molecule has 0 aliphatic carbocycles. The summed E-state index contributed by atoms with van der Waals surface area (Å²) < 4.78 is 3.61. The van der Waals surface area contributed by atoms with Crippen LogP contribution in [0.3, 0.4) is 0 Å². The molecule has 0 bridgehead atoms. The minimum absolute atomic E-state index is 0.0389. The summed E-state index contributed by atoms with van der Waals surface area (Å²) in [6.45, 7) is 1.65. The smallest absolute Gasteiger partial charge is 0.293 e. The summed E-state index contributed by atoms with van der Waals surface area (Å²) >= 11 is 0. The van der Waals surface area contributed by atoms with Crippen LogP contribution in [0.1, 0.15) is 18.2 Å². The third-order valence-electron chi connectivity index (χ3n) is 3.71. The number of aryl methyl sites for hydroxylation is 2. The van der Waals surface area contributed by atoms with Crippen LogP contribution in [0.2, 0.25) is 0 Å². The van der Waals surface area contributed by atoms with Gasteiger partial charge in [0.25, 0.3) is 5.56 Å². The molecule has 6 heteroatoms. The molecule has 1 atom stereocenters. The molecule has 0 amide bonds. The van der Waals surface area contributed by atoms with Gasteiger partial charge in [-0.25, -0.2) is 9.97 Å². The maximum Gasteiger partial charge on any atom is 0.293 e. The van der Waals surface area contributed by atoms with Crippen LogP contribution >= 0.6 is 0 Å². The number of rotatable bonds is 2. The van der Waals surface area contributed by atoms with Gasteiger partial charge in [0, 0.05) is 57.9 Å². The van der Waals surface area contributed by atoms with Crippen molar-refractivity contribution in [3.8, 4) is 0 Å². The lowest BCUT2D eigenvalue weighted by molar-refractivity contribution is 0.664. The summed E-state index contributed by atoms with van der Waals surface area (Å²) in [5.74, 6) is 1.99. The van der Waals surface area contributed by atoms with Crippen LogP contribution in [0, 0.1) is 0 Å². The fraction of sp³-hybridized carbons (Fsp3) is 0.462. The molecule has 0 spiro atoms. The molecule has 0 radical (unpaired) electrons. The van der Waals surface area contributed by atoms with E-state index in [2.05, 4.69) is 14.9 Å². The van der Waals surface area contributed by atoms with E-state index < -0.39 is 0 Å². The predicted molar refractivity (Wildman–Crippen MR) is 72.3 cm³/mol. The molecule has 0 saturated carbocycles. The molecule has 2 aromatic rings. The number of hydrogen-bond acceptors (Lipinski definition) is 4. The Hall–Kier alpha value is -2.11. The SMILES string of the molecule is Cn1ccnc1[C@H]1CCN(c2nccn(C)c2=O)C1. The molecule has 1 fully saturated rings. The highest BCUT2D eigenvalue weighted by Crippen LogP contribution is 2.27. The Balaban J connectivity index is 1.85. The molecule has 1 aliphatic heterocycles. The van der Waals surface area contributed by atoms with Crippen molar-refractivity contribution in [1.82, 2.24) is 19.1 Å². The van der Waals surface area contributed by atoms with E-state index in [4.69, 9.17) is 0 Å². The molecule has 1 aliphatic rings. The average Bonchev–Trinajstić information content (AvgIpc) is 3.01. The summed E-state index contributed by atoms with van der Waals surface area (Å²) in [4.78, 5) is 22.7. The van der Waals surface area contributed by atoms with Crippen molar-refractivity contribution in [1.29, 1.82) is 0 Å². The molecule has 2 aromatic heterocycles. The first kappa shape index (κ1) is 12.0. The van der Waals surface area contributed by atoms with E-state index in [1.165, 1.54) is 0 Å². The van der Waals surface area contributed by atoms with E-state index in [9.17, 15) is 4.79 Å². The van der Waals surface area contributed by atoms with Crippen molar-refractivity contribution in [3.63, 3.8) is 0 Å². The highest BCUT2D eigenvalue weighted by atomic mass is 16.1. The topological polar surface area (TPSA) is 56.0 Å². The third-order valence-corrected chi connectivity index (χ3v) is 3.71. The van der Waals surface area contributed by atoms with Gasteiger partial charge >= 0.3 is 0 Å². The Morgan fingerprint density at radius 1 is 1.16 bits per heavy atom. The second-order valence-electron chi connectivity index (χ2n) is 4.99. The zero-order chi connectivity index (χ0) is 13.4. The molecular formula is C13H17N5O. The Bertz CT molecular complexity index is 644. The van der Waals surface area contributed by atoms with Crippen LogP contribution in [-0.2, 0) is 14.1 Å². The quantitative estimate of drug-likeness (QED) is 0.788. The Morgan fingerprint density at radius 3 is 2.63 bits per heavy atom. The van der Waals surface area contributed by atoms with Gasteiger partial charge in [-0.2, -0.15) is 0 Å². The molecular weight excluding hydrogens is 242 g/mol. The molecule has 1 saturated heterocycles. The van der Waals surface area contributed by atoms with Crippen LogP contribution in [0.25, 0.3) is 0 Å². The van der Waals surface area contributed by atoms with Crippen LogP contribution in [0.15, 0.2) is 29.6 Å². The maximum absolute atomic E-state index is 12.1. The van der Waals surface area contributed by atoms with Crippen LogP contribution in [-0.4, -0.2) is 32.2 Å². The van der Waals surface area contributed by atoms with E-state index in [-0.39, 0.29) is 5.56 Å². The Kier molecular flexibility index (Phi) is 2.85. The zero-order valence-electron chi connectivity index (χ0n) is 11.2. The molecule has 3 rings (SSSR count).